The number of thiazole rings is 1. The molecule has 1 N–H and O–H groups in total. The van der Waals surface area contributed by atoms with Crippen molar-refractivity contribution >= 4 is 23.1 Å². The zero-order valence-corrected chi connectivity index (χ0v) is 15.7. The van der Waals surface area contributed by atoms with E-state index in [-0.39, 0.29) is 5.69 Å². The minimum atomic E-state index is -0.420. The summed E-state index contributed by atoms with van der Waals surface area (Å²) in [6.07, 6.45) is 4.49. The molecule has 0 aliphatic heterocycles. The van der Waals surface area contributed by atoms with Crippen molar-refractivity contribution in [2.45, 2.75) is 13.2 Å². The van der Waals surface area contributed by atoms with Gasteiger partial charge in [0, 0.05) is 18.9 Å². The maximum Gasteiger partial charge on any atom is 0.279 e. The summed E-state index contributed by atoms with van der Waals surface area (Å²) < 4.78 is 10.5. The van der Waals surface area contributed by atoms with Crippen molar-refractivity contribution in [3.8, 4) is 11.3 Å². The van der Waals surface area contributed by atoms with Crippen molar-refractivity contribution in [1.82, 2.24) is 25.0 Å². The van der Waals surface area contributed by atoms with Crippen molar-refractivity contribution in [3.05, 3.63) is 64.7 Å². The second-order valence-corrected chi connectivity index (χ2v) is 6.96. The van der Waals surface area contributed by atoms with E-state index in [1.54, 1.807) is 13.3 Å². The second-order valence-electron chi connectivity index (χ2n) is 5.76. The molecule has 0 atom stereocenters. The van der Waals surface area contributed by atoms with Crippen LogP contribution in [0.3, 0.4) is 0 Å². The molecule has 3 aromatic heterocycles. The number of nitrogens with zero attached hydrogens (tertiary/aromatic N) is 5. The lowest BCUT2D eigenvalue weighted by Gasteiger charge is -2.01. The van der Waals surface area contributed by atoms with Gasteiger partial charge in [-0.2, -0.15) is 9.90 Å². The van der Waals surface area contributed by atoms with E-state index in [2.05, 4.69) is 25.5 Å². The van der Waals surface area contributed by atoms with Crippen molar-refractivity contribution in [3.63, 3.8) is 0 Å². The monoisotopic (exact) mass is 396 g/mol. The Labute approximate surface area is 164 Å². The summed E-state index contributed by atoms with van der Waals surface area (Å²) in [4.78, 5) is 23.4. The van der Waals surface area contributed by atoms with Gasteiger partial charge in [0.1, 0.15) is 11.6 Å². The van der Waals surface area contributed by atoms with Crippen LogP contribution in [0.5, 0.6) is 0 Å². The topological polar surface area (TPSA) is 108 Å². The van der Waals surface area contributed by atoms with Gasteiger partial charge in [0.05, 0.1) is 17.7 Å². The van der Waals surface area contributed by atoms with E-state index < -0.39 is 5.91 Å². The van der Waals surface area contributed by atoms with Gasteiger partial charge in [0.25, 0.3) is 5.91 Å². The van der Waals surface area contributed by atoms with Crippen LogP contribution in [0.1, 0.15) is 20.4 Å². The smallest absolute Gasteiger partial charge is 0.279 e. The van der Waals surface area contributed by atoms with Gasteiger partial charge in [0.15, 0.2) is 23.7 Å². The molecule has 0 unspecified atom stereocenters. The third-order valence-electron chi connectivity index (χ3n) is 3.76. The highest BCUT2D eigenvalue weighted by Gasteiger charge is 2.19. The normalized spacial score (nSPS) is 10.9. The molecular formula is C18H16N6O3S. The Bertz CT molecular complexity index is 1070. The largest absolute Gasteiger partial charge is 0.443 e. The molecule has 142 valence electrons. The van der Waals surface area contributed by atoms with E-state index >= 15 is 0 Å². The molecular weight excluding hydrogens is 380 g/mol. The van der Waals surface area contributed by atoms with Crippen molar-refractivity contribution < 1.29 is 13.9 Å². The van der Waals surface area contributed by atoms with Crippen LogP contribution in [0.2, 0.25) is 0 Å². The van der Waals surface area contributed by atoms with Gasteiger partial charge >= 0.3 is 0 Å². The molecule has 0 fully saturated rings. The molecule has 0 saturated carbocycles. The number of methoxy groups -OCH3 is 1. The Kier molecular flexibility index (Phi) is 5.22. The van der Waals surface area contributed by atoms with Crippen LogP contribution in [0, 0.1) is 0 Å². The molecule has 1 aromatic carbocycles. The molecule has 10 heteroatoms. The van der Waals surface area contributed by atoms with Crippen LogP contribution in [0.15, 0.2) is 53.5 Å². The molecule has 0 aliphatic carbocycles. The van der Waals surface area contributed by atoms with Crippen LogP contribution in [0.4, 0.5) is 5.82 Å². The van der Waals surface area contributed by atoms with Gasteiger partial charge in [0.2, 0.25) is 0 Å². The fourth-order valence-electron chi connectivity index (χ4n) is 2.56. The molecule has 4 aromatic rings. The van der Waals surface area contributed by atoms with Crippen molar-refractivity contribution in [2.24, 2.45) is 0 Å². The lowest BCUT2D eigenvalue weighted by molar-refractivity contribution is 0.102. The van der Waals surface area contributed by atoms with Crippen LogP contribution in [0.25, 0.3) is 11.3 Å². The molecule has 0 bridgehead atoms. The Morgan fingerprint density at radius 1 is 1.25 bits per heavy atom. The number of amides is 1. The highest BCUT2D eigenvalue weighted by atomic mass is 32.1. The number of aromatic nitrogens is 5. The molecule has 1 amide bonds. The van der Waals surface area contributed by atoms with Crippen LogP contribution in [-0.2, 0) is 17.9 Å². The van der Waals surface area contributed by atoms with E-state index in [1.807, 2.05) is 30.3 Å². The predicted molar refractivity (Wildman–Crippen MR) is 102 cm³/mol. The summed E-state index contributed by atoms with van der Waals surface area (Å²) in [7, 11) is 1.64. The lowest BCUT2D eigenvalue weighted by Crippen LogP contribution is -2.14. The van der Waals surface area contributed by atoms with Crippen LogP contribution < -0.4 is 5.32 Å². The molecule has 9 nitrogen and oxygen atoms in total. The van der Waals surface area contributed by atoms with E-state index in [9.17, 15) is 4.79 Å². The van der Waals surface area contributed by atoms with E-state index in [4.69, 9.17) is 9.15 Å². The second kappa shape index (κ2) is 8.11. The Morgan fingerprint density at radius 2 is 2.11 bits per heavy atom. The number of hydrogen-bond acceptors (Lipinski definition) is 8. The number of ether oxygens (including phenoxy) is 1. The number of carbonyl (C=O) groups excluding carboxylic acids is 1. The molecule has 28 heavy (non-hydrogen) atoms. The molecule has 0 aliphatic rings. The predicted octanol–water partition coefficient (Wildman–Crippen LogP) is 2.84. The number of anilines is 1. The van der Waals surface area contributed by atoms with E-state index in [0.29, 0.717) is 24.7 Å². The maximum atomic E-state index is 12.6. The fourth-order valence-corrected chi connectivity index (χ4v) is 3.43. The highest BCUT2D eigenvalue weighted by Crippen LogP contribution is 2.23. The van der Waals surface area contributed by atoms with Gasteiger partial charge < -0.3 is 14.5 Å². The number of hydrogen-bond donors (Lipinski definition) is 1. The quantitative estimate of drug-likeness (QED) is 0.512. The first kappa shape index (κ1) is 18.0. The minimum Gasteiger partial charge on any atom is -0.443 e. The van der Waals surface area contributed by atoms with Gasteiger partial charge in [-0.05, 0) is 0 Å². The Hall–Kier alpha value is -3.37. The van der Waals surface area contributed by atoms with Gasteiger partial charge in [-0.1, -0.05) is 30.3 Å². The number of carbonyl (C=O) groups is 1. The summed E-state index contributed by atoms with van der Waals surface area (Å²) >= 11 is 1.53. The van der Waals surface area contributed by atoms with Gasteiger partial charge in [-0.3, -0.25) is 4.79 Å². The summed E-state index contributed by atoms with van der Waals surface area (Å²) in [5.41, 5.74) is 0.953. The molecule has 4 rings (SSSR count). The van der Waals surface area contributed by atoms with Gasteiger partial charge in [-0.25, -0.2) is 9.97 Å². The third kappa shape index (κ3) is 3.97. The number of rotatable bonds is 7. The summed E-state index contributed by atoms with van der Waals surface area (Å²) in [5.74, 6) is 0.302. The zero-order valence-electron chi connectivity index (χ0n) is 14.9. The number of oxazole rings is 1. The fraction of sp³-hybridized carbons (Fsp3) is 0.167. The summed E-state index contributed by atoms with van der Waals surface area (Å²) in [5, 5.41) is 12.0. The molecule has 0 spiro atoms. The SMILES string of the molecule is COCc1cnc(Cn2ncc(NC(=O)c3ncoc3-c3ccccc3)n2)s1. The number of benzene rings is 1. The van der Waals surface area contributed by atoms with Crippen molar-refractivity contribution in [2.75, 3.05) is 12.4 Å². The summed E-state index contributed by atoms with van der Waals surface area (Å²) in [6, 6.07) is 9.31. The molecule has 0 radical (unpaired) electrons. The van der Waals surface area contributed by atoms with Gasteiger partial charge in [-0.15, -0.1) is 16.4 Å². The summed E-state index contributed by atoms with van der Waals surface area (Å²) in [6.45, 7) is 0.927. The van der Waals surface area contributed by atoms with Crippen LogP contribution >= 0.6 is 11.3 Å². The lowest BCUT2D eigenvalue weighted by atomic mass is 10.1. The minimum absolute atomic E-state index is 0.185. The average molecular weight is 396 g/mol. The average Bonchev–Trinajstić information content (AvgIpc) is 3.45. The van der Waals surface area contributed by atoms with Crippen LogP contribution in [-0.4, -0.2) is 38.0 Å². The third-order valence-corrected chi connectivity index (χ3v) is 4.72. The highest BCUT2D eigenvalue weighted by molar-refractivity contribution is 7.11. The van der Waals surface area contributed by atoms with E-state index in [1.165, 1.54) is 28.7 Å². The first-order valence-corrected chi connectivity index (χ1v) is 9.17. The Morgan fingerprint density at radius 3 is 2.93 bits per heavy atom. The number of nitrogens with one attached hydrogen (secondary N) is 1. The Balaban J connectivity index is 1.44. The standard InChI is InChI=1S/C18H16N6O3S/c1-26-10-13-7-19-15(28-13)9-24-21-8-14(23-24)22-18(25)16-17(27-11-20-16)12-5-3-2-4-6-12/h2-8,11H,9-10H2,1H3,(H,22,23,25). The first-order chi connectivity index (χ1) is 13.7. The van der Waals surface area contributed by atoms with Crippen molar-refractivity contribution in [1.29, 1.82) is 0 Å². The van der Waals surface area contributed by atoms with E-state index in [0.717, 1.165) is 15.4 Å². The maximum absolute atomic E-state index is 12.6. The molecule has 0 saturated heterocycles. The zero-order chi connectivity index (χ0) is 19.3. The molecule has 3 heterocycles. The first-order valence-electron chi connectivity index (χ1n) is 8.36.